The SMILES string of the molecule is O=C(NCC(c1ccco1)N1CCCC1)c1cc(-c2ccc(Br)cc2)on1. The summed E-state index contributed by atoms with van der Waals surface area (Å²) in [5.74, 6) is 1.18. The number of furan rings is 1. The third kappa shape index (κ3) is 4.14. The number of aromatic nitrogens is 1. The van der Waals surface area contributed by atoms with Gasteiger partial charge in [-0.2, -0.15) is 0 Å². The molecule has 1 aliphatic heterocycles. The molecule has 0 spiro atoms. The van der Waals surface area contributed by atoms with Crippen molar-refractivity contribution in [3.05, 3.63) is 64.7 Å². The molecule has 1 atom stereocenters. The van der Waals surface area contributed by atoms with E-state index in [2.05, 4.69) is 31.3 Å². The fraction of sp³-hybridized carbons (Fsp3) is 0.300. The Labute approximate surface area is 165 Å². The number of carbonyl (C=O) groups is 1. The van der Waals surface area contributed by atoms with Crippen LogP contribution in [0.25, 0.3) is 11.3 Å². The molecule has 0 bridgehead atoms. The summed E-state index contributed by atoms with van der Waals surface area (Å²) in [4.78, 5) is 14.9. The second-order valence-electron chi connectivity index (χ2n) is 6.57. The van der Waals surface area contributed by atoms with Crippen molar-refractivity contribution in [3.63, 3.8) is 0 Å². The van der Waals surface area contributed by atoms with Crippen LogP contribution in [0.15, 0.2) is 62.1 Å². The quantitative estimate of drug-likeness (QED) is 0.633. The molecule has 1 saturated heterocycles. The summed E-state index contributed by atoms with van der Waals surface area (Å²) < 4.78 is 11.9. The number of likely N-dealkylation sites (tertiary alicyclic amines) is 1. The van der Waals surface area contributed by atoms with E-state index in [1.165, 1.54) is 12.8 Å². The predicted octanol–water partition coefficient (Wildman–Crippen LogP) is 4.26. The molecule has 4 rings (SSSR count). The molecule has 2 aromatic heterocycles. The van der Waals surface area contributed by atoms with Crippen LogP contribution in [0.1, 0.15) is 35.1 Å². The first kappa shape index (κ1) is 18.0. The van der Waals surface area contributed by atoms with Gasteiger partial charge in [0, 0.05) is 22.6 Å². The lowest BCUT2D eigenvalue weighted by atomic mass is 10.1. The Bertz CT molecular complexity index is 884. The van der Waals surface area contributed by atoms with Crippen LogP contribution < -0.4 is 5.32 Å². The van der Waals surface area contributed by atoms with E-state index < -0.39 is 0 Å². The molecule has 1 amide bonds. The van der Waals surface area contributed by atoms with Crippen LogP contribution in [-0.4, -0.2) is 35.6 Å². The van der Waals surface area contributed by atoms with Crippen molar-refractivity contribution in [2.75, 3.05) is 19.6 Å². The molecule has 27 heavy (non-hydrogen) atoms. The highest BCUT2D eigenvalue weighted by Crippen LogP contribution is 2.25. The topological polar surface area (TPSA) is 71.5 Å². The molecule has 1 unspecified atom stereocenters. The molecule has 1 N–H and O–H groups in total. The van der Waals surface area contributed by atoms with E-state index in [-0.39, 0.29) is 17.6 Å². The van der Waals surface area contributed by atoms with Gasteiger partial charge in [0.25, 0.3) is 5.91 Å². The van der Waals surface area contributed by atoms with Crippen molar-refractivity contribution in [2.45, 2.75) is 18.9 Å². The number of hydrogen-bond donors (Lipinski definition) is 1. The second-order valence-corrected chi connectivity index (χ2v) is 7.48. The maximum Gasteiger partial charge on any atom is 0.273 e. The van der Waals surface area contributed by atoms with E-state index in [4.69, 9.17) is 8.94 Å². The van der Waals surface area contributed by atoms with Crippen LogP contribution in [-0.2, 0) is 0 Å². The lowest BCUT2D eigenvalue weighted by Crippen LogP contribution is -2.36. The first-order chi connectivity index (χ1) is 13.2. The van der Waals surface area contributed by atoms with Crippen molar-refractivity contribution >= 4 is 21.8 Å². The van der Waals surface area contributed by atoms with Crippen LogP contribution in [0.2, 0.25) is 0 Å². The van der Waals surface area contributed by atoms with Crippen molar-refractivity contribution < 1.29 is 13.7 Å². The number of benzene rings is 1. The van der Waals surface area contributed by atoms with Crippen LogP contribution in [0, 0.1) is 0 Å². The van der Waals surface area contributed by atoms with Gasteiger partial charge in [0.2, 0.25) is 0 Å². The van der Waals surface area contributed by atoms with Gasteiger partial charge in [-0.25, -0.2) is 0 Å². The lowest BCUT2D eigenvalue weighted by molar-refractivity contribution is 0.0925. The Morgan fingerprint density at radius 1 is 1.22 bits per heavy atom. The molecule has 3 heterocycles. The number of carbonyl (C=O) groups excluding carboxylic acids is 1. The number of rotatable bonds is 6. The van der Waals surface area contributed by atoms with E-state index in [0.717, 1.165) is 28.9 Å². The summed E-state index contributed by atoms with van der Waals surface area (Å²) >= 11 is 3.40. The molecule has 1 fully saturated rings. The van der Waals surface area contributed by atoms with Gasteiger partial charge >= 0.3 is 0 Å². The highest BCUT2D eigenvalue weighted by atomic mass is 79.9. The zero-order valence-electron chi connectivity index (χ0n) is 14.7. The van der Waals surface area contributed by atoms with Gasteiger partial charge in [-0.3, -0.25) is 9.69 Å². The van der Waals surface area contributed by atoms with E-state index in [1.54, 1.807) is 12.3 Å². The lowest BCUT2D eigenvalue weighted by Gasteiger charge is -2.25. The molecule has 1 aliphatic rings. The first-order valence-electron chi connectivity index (χ1n) is 8.99. The standard InChI is InChI=1S/C20H20BrN3O3/c21-15-7-5-14(6-8-15)19-12-16(23-27-19)20(25)22-13-17(18-4-3-11-26-18)24-9-1-2-10-24/h3-8,11-12,17H,1-2,9-10,13H2,(H,22,25). The van der Waals surface area contributed by atoms with Crippen molar-refractivity contribution in [1.29, 1.82) is 0 Å². The number of amides is 1. The summed E-state index contributed by atoms with van der Waals surface area (Å²) in [7, 11) is 0. The predicted molar refractivity (Wildman–Crippen MR) is 104 cm³/mol. The molecule has 7 heteroatoms. The molecular weight excluding hydrogens is 410 g/mol. The molecule has 3 aromatic rings. The molecule has 0 aliphatic carbocycles. The van der Waals surface area contributed by atoms with Crippen molar-refractivity contribution in [3.8, 4) is 11.3 Å². The van der Waals surface area contributed by atoms with Crippen LogP contribution in [0.3, 0.4) is 0 Å². The number of nitrogens with zero attached hydrogens (tertiary/aromatic N) is 2. The maximum atomic E-state index is 12.5. The number of hydrogen-bond acceptors (Lipinski definition) is 5. The average molecular weight is 430 g/mol. The van der Waals surface area contributed by atoms with Crippen molar-refractivity contribution in [1.82, 2.24) is 15.4 Å². The third-order valence-corrected chi connectivity index (χ3v) is 5.31. The van der Waals surface area contributed by atoms with Crippen LogP contribution in [0.4, 0.5) is 0 Å². The molecule has 140 valence electrons. The van der Waals surface area contributed by atoms with Gasteiger partial charge in [-0.15, -0.1) is 0 Å². The normalized spacial score (nSPS) is 15.7. The monoisotopic (exact) mass is 429 g/mol. The summed E-state index contributed by atoms with van der Waals surface area (Å²) in [6, 6.07) is 13.2. The minimum absolute atomic E-state index is 0.0318. The minimum atomic E-state index is -0.252. The molecular formula is C20H20BrN3O3. The summed E-state index contributed by atoms with van der Waals surface area (Å²) in [6.07, 6.45) is 4.01. The smallest absolute Gasteiger partial charge is 0.273 e. The third-order valence-electron chi connectivity index (χ3n) is 4.78. The van der Waals surface area contributed by atoms with Gasteiger partial charge in [0.15, 0.2) is 11.5 Å². The Morgan fingerprint density at radius 3 is 2.70 bits per heavy atom. The van der Waals surface area contributed by atoms with Gasteiger partial charge in [-0.05, 0) is 50.2 Å². The fourth-order valence-corrected chi connectivity index (χ4v) is 3.62. The Hall–Kier alpha value is -2.38. The van der Waals surface area contributed by atoms with E-state index in [0.29, 0.717) is 12.3 Å². The van der Waals surface area contributed by atoms with Crippen LogP contribution in [0.5, 0.6) is 0 Å². The van der Waals surface area contributed by atoms with Crippen LogP contribution >= 0.6 is 15.9 Å². The van der Waals surface area contributed by atoms with Gasteiger partial charge in [0.1, 0.15) is 5.76 Å². The maximum absolute atomic E-state index is 12.5. The van der Waals surface area contributed by atoms with E-state index in [9.17, 15) is 4.79 Å². The zero-order chi connectivity index (χ0) is 18.6. The zero-order valence-corrected chi connectivity index (χ0v) is 16.3. The largest absolute Gasteiger partial charge is 0.468 e. The van der Waals surface area contributed by atoms with Crippen molar-refractivity contribution in [2.24, 2.45) is 0 Å². The highest BCUT2D eigenvalue weighted by Gasteiger charge is 2.26. The first-order valence-corrected chi connectivity index (χ1v) is 9.78. The Morgan fingerprint density at radius 2 is 2.00 bits per heavy atom. The fourth-order valence-electron chi connectivity index (χ4n) is 3.36. The number of nitrogens with one attached hydrogen (secondary N) is 1. The summed E-state index contributed by atoms with van der Waals surface area (Å²) in [5.41, 5.74) is 1.14. The van der Waals surface area contributed by atoms with Gasteiger partial charge < -0.3 is 14.3 Å². The minimum Gasteiger partial charge on any atom is -0.468 e. The Kier molecular flexibility index (Phi) is 5.40. The van der Waals surface area contributed by atoms with E-state index >= 15 is 0 Å². The van der Waals surface area contributed by atoms with E-state index in [1.807, 2.05) is 36.4 Å². The Balaban J connectivity index is 1.43. The molecule has 0 saturated carbocycles. The van der Waals surface area contributed by atoms with Gasteiger partial charge in [-0.1, -0.05) is 33.2 Å². The highest BCUT2D eigenvalue weighted by molar-refractivity contribution is 9.10. The number of halogens is 1. The average Bonchev–Trinajstić information content (AvgIpc) is 3.44. The summed E-state index contributed by atoms with van der Waals surface area (Å²) in [6.45, 7) is 2.49. The molecule has 6 nitrogen and oxygen atoms in total. The molecule has 0 radical (unpaired) electrons. The second kappa shape index (κ2) is 8.10. The summed E-state index contributed by atoms with van der Waals surface area (Å²) in [5, 5.41) is 6.88. The molecule has 1 aromatic carbocycles. The van der Waals surface area contributed by atoms with Gasteiger partial charge in [0.05, 0.1) is 12.3 Å².